The molecule has 1 nitrogen and oxygen atoms in total. The van der Waals surface area contributed by atoms with Crippen molar-refractivity contribution in [3.8, 4) is 0 Å². The van der Waals surface area contributed by atoms with Gasteiger partial charge in [-0.3, -0.25) is 0 Å². The van der Waals surface area contributed by atoms with E-state index < -0.39 is 17.6 Å². The Bertz CT molecular complexity index is 429. The number of hydrogen-bond acceptors (Lipinski definition) is 1. The molecule has 0 bridgehead atoms. The van der Waals surface area contributed by atoms with Gasteiger partial charge in [0.15, 0.2) is 0 Å². The third-order valence-electron chi connectivity index (χ3n) is 3.63. The van der Waals surface area contributed by atoms with Gasteiger partial charge in [0.25, 0.3) is 0 Å². The van der Waals surface area contributed by atoms with Gasteiger partial charge >= 0.3 is 6.18 Å². The summed E-state index contributed by atoms with van der Waals surface area (Å²) in [4.78, 5) is 0. The predicted molar refractivity (Wildman–Crippen MR) is 82.5 cm³/mol. The van der Waals surface area contributed by atoms with Crippen LogP contribution in [0.3, 0.4) is 0 Å². The van der Waals surface area contributed by atoms with Gasteiger partial charge < -0.3 is 5.32 Å². The van der Waals surface area contributed by atoms with Gasteiger partial charge in [0, 0.05) is 12.2 Å². The van der Waals surface area contributed by atoms with Crippen LogP contribution in [0.4, 0.5) is 23.2 Å². The lowest BCUT2D eigenvalue weighted by Crippen LogP contribution is -2.10. The topological polar surface area (TPSA) is 12.0 Å². The Morgan fingerprint density at radius 1 is 0.909 bits per heavy atom. The van der Waals surface area contributed by atoms with Crippen LogP contribution in [-0.2, 0) is 6.18 Å². The monoisotopic (exact) mass is 319 g/mol. The summed E-state index contributed by atoms with van der Waals surface area (Å²) in [5.41, 5.74) is -0.898. The summed E-state index contributed by atoms with van der Waals surface area (Å²) in [5, 5.41) is 2.93. The third-order valence-corrected chi connectivity index (χ3v) is 3.63. The maximum absolute atomic E-state index is 13.1. The van der Waals surface area contributed by atoms with E-state index in [1.165, 1.54) is 38.2 Å². The second-order valence-corrected chi connectivity index (χ2v) is 5.59. The summed E-state index contributed by atoms with van der Waals surface area (Å²) in [5.74, 6) is -1.23. The zero-order valence-corrected chi connectivity index (χ0v) is 13.1. The van der Waals surface area contributed by atoms with E-state index in [1.54, 1.807) is 0 Å². The number of rotatable bonds is 10. The number of unbranched alkanes of at least 4 members (excludes halogenated alkanes) is 7. The van der Waals surface area contributed by atoms with Crippen molar-refractivity contribution in [3.05, 3.63) is 29.6 Å². The fourth-order valence-electron chi connectivity index (χ4n) is 2.34. The Hall–Kier alpha value is -1.26. The second-order valence-electron chi connectivity index (χ2n) is 5.59. The predicted octanol–water partition coefficient (Wildman–Crippen LogP) is 6.40. The van der Waals surface area contributed by atoms with Crippen LogP contribution in [0.25, 0.3) is 0 Å². The normalized spacial score (nSPS) is 11.7. The molecule has 0 unspecified atom stereocenters. The molecule has 1 N–H and O–H groups in total. The highest BCUT2D eigenvalue weighted by Gasteiger charge is 2.34. The van der Waals surface area contributed by atoms with Gasteiger partial charge in [0.05, 0.1) is 5.56 Å². The molecule has 0 aliphatic carbocycles. The molecule has 0 aliphatic rings. The molecule has 22 heavy (non-hydrogen) atoms. The van der Waals surface area contributed by atoms with Crippen molar-refractivity contribution < 1.29 is 17.6 Å². The molecule has 0 fully saturated rings. The number of hydrogen-bond donors (Lipinski definition) is 1. The molecule has 5 heteroatoms. The van der Waals surface area contributed by atoms with E-state index >= 15 is 0 Å². The number of alkyl halides is 3. The molecule has 126 valence electrons. The molecule has 0 spiro atoms. The molecule has 0 heterocycles. The van der Waals surface area contributed by atoms with Crippen LogP contribution in [0, 0.1) is 5.82 Å². The minimum atomic E-state index is -4.65. The summed E-state index contributed by atoms with van der Waals surface area (Å²) in [7, 11) is 0. The van der Waals surface area contributed by atoms with Gasteiger partial charge in [-0.1, -0.05) is 51.9 Å². The highest BCUT2D eigenvalue weighted by molar-refractivity contribution is 5.47. The minimum Gasteiger partial charge on any atom is -0.385 e. The lowest BCUT2D eigenvalue weighted by atomic mass is 10.1. The first kappa shape index (κ1) is 18.8. The van der Waals surface area contributed by atoms with Gasteiger partial charge in [0.1, 0.15) is 5.82 Å². The quantitative estimate of drug-likeness (QED) is 0.389. The van der Waals surface area contributed by atoms with E-state index in [9.17, 15) is 17.6 Å². The summed E-state index contributed by atoms with van der Waals surface area (Å²) in [6.45, 7) is 2.79. The zero-order chi connectivity index (χ0) is 16.4. The highest BCUT2D eigenvalue weighted by atomic mass is 19.4. The van der Waals surface area contributed by atoms with Crippen LogP contribution in [0.15, 0.2) is 18.2 Å². The third kappa shape index (κ3) is 7.14. The Labute approximate surface area is 130 Å². The van der Waals surface area contributed by atoms with E-state index in [2.05, 4.69) is 12.2 Å². The molecule has 0 saturated carbocycles. The first-order valence-electron chi connectivity index (χ1n) is 8.05. The molecule has 0 aliphatic heterocycles. The molecule has 0 atom stereocenters. The summed E-state index contributed by atoms with van der Waals surface area (Å²) < 4.78 is 50.9. The molecular weight excluding hydrogens is 294 g/mol. The largest absolute Gasteiger partial charge is 0.419 e. The van der Waals surface area contributed by atoms with E-state index in [0.717, 1.165) is 31.4 Å². The SMILES string of the molecule is CCCCCCCCCCNc1ccc(F)c(C(F)(F)F)c1. The number of nitrogens with one attached hydrogen (secondary N) is 1. The summed E-state index contributed by atoms with van der Waals surface area (Å²) in [6.07, 6.45) is 4.75. The Balaban J connectivity index is 2.23. The van der Waals surface area contributed by atoms with Crippen molar-refractivity contribution in [2.24, 2.45) is 0 Å². The lowest BCUT2D eigenvalue weighted by molar-refractivity contribution is -0.139. The van der Waals surface area contributed by atoms with Crippen molar-refractivity contribution in [2.75, 3.05) is 11.9 Å². The molecule has 0 amide bonds. The second kappa shape index (κ2) is 9.70. The fourth-order valence-corrected chi connectivity index (χ4v) is 2.34. The van der Waals surface area contributed by atoms with Gasteiger partial charge in [-0.25, -0.2) is 4.39 Å². The van der Waals surface area contributed by atoms with Crippen LogP contribution in [0.1, 0.15) is 63.9 Å². The summed E-state index contributed by atoms with van der Waals surface area (Å²) in [6, 6.07) is 3.04. The van der Waals surface area contributed by atoms with Crippen LogP contribution in [0.5, 0.6) is 0 Å². The van der Waals surface area contributed by atoms with Crippen molar-refractivity contribution in [1.29, 1.82) is 0 Å². The Morgan fingerprint density at radius 2 is 1.50 bits per heavy atom. The van der Waals surface area contributed by atoms with E-state index in [4.69, 9.17) is 0 Å². The number of benzene rings is 1. The lowest BCUT2D eigenvalue weighted by Gasteiger charge is -2.11. The average molecular weight is 319 g/mol. The molecule has 0 saturated heterocycles. The van der Waals surface area contributed by atoms with E-state index in [1.807, 2.05) is 0 Å². The molecule has 0 aromatic heterocycles. The number of halogens is 4. The van der Waals surface area contributed by atoms with Crippen molar-refractivity contribution >= 4 is 5.69 Å². The number of anilines is 1. The Morgan fingerprint density at radius 3 is 2.09 bits per heavy atom. The van der Waals surface area contributed by atoms with Crippen LogP contribution in [0.2, 0.25) is 0 Å². The average Bonchev–Trinajstić information content (AvgIpc) is 2.46. The molecule has 0 radical (unpaired) electrons. The van der Waals surface area contributed by atoms with Gasteiger partial charge in [-0.05, 0) is 24.6 Å². The molecular formula is C17H25F4N. The van der Waals surface area contributed by atoms with Crippen LogP contribution >= 0.6 is 0 Å². The van der Waals surface area contributed by atoms with E-state index in [-0.39, 0.29) is 0 Å². The van der Waals surface area contributed by atoms with Crippen molar-refractivity contribution in [1.82, 2.24) is 0 Å². The fraction of sp³-hybridized carbons (Fsp3) is 0.647. The first-order chi connectivity index (χ1) is 10.4. The highest BCUT2D eigenvalue weighted by Crippen LogP contribution is 2.32. The van der Waals surface area contributed by atoms with Crippen molar-refractivity contribution in [2.45, 2.75) is 64.5 Å². The zero-order valence-electron chi connectivity index (χ0n) is 13.1. The Kier molecular flexibility index (Phi) is 8.28. The van der Waals surface area contributed by atoms with Crippen molar-refractivity contribution in [3.63, 3.8) is 0 Å². The summed E-state index contributed by atoms with van der Waals surface area (Å²) >= 11 is 0. The van der Waals surface area contributed by atoms with E-state index in [0.29, 0.717) is 12.2 Å². The maximum atomic E-state index is 13.1. The first-order valence-corrected chi connectivity index (χ1v) is 8.05. The van der Waals surface area contributed by atoms with Gasteiger partial charge in [-0.15, -0.1) is 0 Å². The van der Waals surface area contributed by atoms with Crippen LogP contribution < -0.4 is 5.32 Å². The standard InChI is InChI=1S/C17H25F4N/c1-2-3-4-5-6-7-8-9-12-22-14-10-11-16(18)15(13-14)17(19,20)21/h10-11,13,22H,2-9,12H2,1H3. The van der Waals surface area contributed by atoms with Gasteiger partial charge in [0.2, 0.25) is 0 Å². The maximum Gasteiger partial charge on any atom is 0.419 e. The molecule has 1 rings (SSSR count). The smallest absolute Gasteiger partial charge is 0.385 e. The molecule has 1 aromatic rings. The van der Waals surface area contributed by atoms with Gasteiger partial charge in [-0.2, -0.15) is 13.2 Å². The van der Waals surface area contributed by atoms with Crippen LogP contribution in [-0.4, -0.2) is 6.54 Å². The minimum absolute atomic E-state index is 0.316. The molecule has 1 aromatic carbocycles.